The Morgan fingerprint density at radius 3 is 2.58 bits per heavy atom. The molecule has 26 heavy (non-hydrogen) atoms. The molecule has 1 aromatic carbocycles. The Hall–Kier alpha value is -2.12. The summed E-state index contributed by atoms with van der Waals surface area (Å²) >= 11 is 6.17. The van der Waals surface area contributed by atoms with Crippen LogP contribution in [0.5, 0.6) is 0 Å². The number of piperidine rings is 1. The van der Waals surface area contributed by atoms with Crippen LogP contribution >= 0.6 is 11.6 Å². The van der Waals surface area contributed by atoms with Crippen molar-refractivity contribution in [2.24, 2.45) is 11.7 Å². The Balaban J connectivity index is 1.53. The fourth-order valence-electron chi connectivity index (χ4n) is 3.56. The van der Waals surface area contributed by atoms with Crippen molar-refractivity contribution in [3.8, 4) is 0 Å². The van der Waals surface area contributed by atoms with Crippen molar-refractivity contribution >= 4 is 35.0 Å². The van der Waals surface area contributed by atoms with Gasteiger partial charge in [-0.2, -0.15) is 0 Å². The first-order chi connectivity index (χ1) is 12.4. The van der Waals surface area contributed by atoms with Gasteiger partial charge in [-0.15, -0.1) is 0 Å². The number of para-hydroxylation sites is 1. The van der Waals surface area contributed by atoms with E-state index >= 15 is 0 Å². The van der Waals surface area contributed by atoms with Crippen molar-refractivity contribution in [3.05, 3.63) is 29.3 Å². The number of benzene rings is 1. The van der Waals surface area contributed by atoms with Gasteiger partial charge in [-0.1, -0.05) is 23.7 Å². The molecule has 8 heteroatoms. The summed E-state index contributed by atoms with van der Waals surface area (Å²) in [5, 5.41) is 3.55. The summed E-state index contributed by atoms with van der Waals surface area (Å²) in [6.07, 6.45) is 1.74. The Morgan fingerprint density at radius 1 is 1.23 bits per heavy atom. The second kappa shape index (κ2) is 8.05. The molecule has 3 amide bonds. The lowest BCUT2D eigenvalue weighted by Crippen LogP contribution is -2.48. The van der Waals surface area contributed by atoms with E-state index in [1.807, 2.05) is 11.0 Å². The number of nitrogens with zero attached hydrogens (tertiary/aromatic N) is 2. The van der Waals surface area contributed by atoms with Crippen molar-refractivity contribution in [2.45, 2.75) is 25.3 Å². The number of nitrogens with one attached hydrogen (secondary N) is 1. The molecule has 0 bridgehead atoms. The summed E-state index contributed by atoms with van der Waals surface area (Å²) in [5.41, 5.74) is 5.86. The van der Waals surface area contributed by atoms with E-state index in [-0.39, 0.29) is 42.6 Å². The second-order valence-electron chi connectivity index (χ2n) is 6.88. The van der Waals surface area contributed by atoms with Crippen molar-refractivity contribution in [2.75, 3.05) is 31.1 Å². The monoisotopic (exact) mass is 378 g/mol. The maximum Gasteiger partial charge on any atom is 0.231 e. The van der Waals surface area contributed by atoms with E-state index in [9.17, 15) is 14.4 Å². The number of hydrogen-bond acceptors (Lipinski definition) is 4. The molecule has 2 heterocycles. The van der Waals surface area contributed by atoms with Gasteiger partial charge in [0, 0.05) is 32.1 Å². The fraction of sp³-hybridized carbons (Fsp3) is 0.500. The molecule has 2 fully saturated rings. The van der Waals surface area contributed by atoms with Crippen LogP contribution in [0.2, 0.25) is 5.02 Å². The highest BCUT2D eigenvalue weighted by Gasteiger charge is 2.36. The lowest BCUT2D eigenvalue weighted by atomic mass is 10.0. The quantitative estimate of drug-likeness (QED) is 0.790. The molecule has 0 aliphatic carbocycles. The third kappa shape index (κ3) is 4.34. The van der Waals surface area contributed by atoms with E-state index in [2.05, 4.69) is 5.32 Å². The number of hydrogen-bond donors (Lipinski definition) is 2. The van der Waals surface area contributed by atoms with Gasteiger partial charge in [0.15, 0.2) is 0 Å². The first-order valence-corrected chi connectivity index (χ1v) is 9.17. The predicted molar refractivity (Wildman–Crippen MR) is 98.7 cm³/mol. The highest BCUT2D eigenvalue weighted by atomic mass is 35.5. The number of carbonyl (C=O) groups excluding carboxylic acids is 3. The zero-order valence-corrected chi connectivity index (χ0v) is 15.2. The minimum atomic E-state index is -0.373. The predicted octanol–water partition coefficient (Wildman–Crippen LogP) is 0.759. The van der Waals surface area contributed by atoms with E-state index in [0.717, 1.165) is 25.9 Å². The molecule has 0 spiro atoms. The van der Waals surface area contributed by atoms with E-state index in [0.29, 0.717) is 17.3 Å². The number of carbonyl (C=O) groups is 3. The largest absolute Gasteiger partial charge is 0.369 e. The summed E-state index contributed by atoms with van der Waals surface area (Å²) in [5.74, 6) is -0.894. The van der Waals surface area contributed by atoms with E-state index in [4.69, 9.17) is 17.3 Å². The molecule has 3 rings (SSSR count). The number of halogens is 1. The maximum absolute atomic E-state index is 12.6. The van der Waals surface area contributed by atoms with Crippen LogP contribution in [0.1, 0.15) is 19.3 Å². The third-order valence-corrected chi connectivity index (χ3v) is 5.27. The summed E-state index contributed by atoms with van der Waals surface area (Å²) in [7, 11) is 0. The molecule has 0 aromatic heterocycles. The van der Waals surface area contributed by atoms with Crippen LogP contribution in [0.25, 0.3) is 0 Å². The molecule has 7 nitrogen and oxygen atoms in total. The molecule has 3 N–H and O–H groups in total. The van der Waals surface area contributed by atoms with Crippen molar-refractivity contribution in [1.82, 2.24) is 10.2 Å². The van der Waals surface area contributed by atoms with Crippen LogP contribution in [0, 0.1) is 5.92 Å². The Morgan fingerprint density at radius 2 is 1.92 bits per heavy atom. The zero-order valence-electron chi connectivity index (χ0n) is 14.5. The van der Waals surface area contributed by atoms with E-state index in [1.165, 1.54) is 0 Å². The number of primary amides is 1. The average molecular weight is 379 g/mol. The summed E-state index contributed by atoms with van der Waals surface area (Å²) in [4.78, 5) is 39.4. The molecule has 2 saturated heterocycles. The van der Waals surface area contributed by atoms with Crippen LogP contribution in [0.4, 0.5) is 5.69 Å². The first kappa shape index (κ1) is 18.7. The van der Waals surface area contributed by atoms with Crippen LogP contribution in [-0.4, -0.2) is 54.8 Å². The Kier molecular flexibility index (Phi) is 5.78. The van der Waals surface area contributed by atoms with Gasteiger partial charge in [0.2, 0.25) is 17.7 Å². The van der Waals surface area contributed by atoms with Gasteiger partial charge in [0.05, 0.1) is 23.2 Å². The van der Waals surface area contributed by atoms with Gasteiger partial charge in [-0.05, 0) is 25.0 Å². The molecule has 0 saturated carbocycles. The standard InChI is InChI=1S/C18H23ClN4O3/c19-14-3-1-2-4-15(14)23-10-12(9-17(23)25)18(26)21-13-5-7-22(8-6-13)11-16(20)24/h1-4,12-13H,5-11H2,(H2,20,24)(H,21,26). The van der Waals surface area contributed by atoms with Crippen LogP contribution in [0.3, 0.4) is 0 Å². The van der Waals surface area contributed by atoms with E-state index < -0.39 is 0 Å². The van der Waals surface area contributed by atoms with Crippen molar-refractivity contribution in [1.29, 1.82) is 0 Å². The fourth-order valence-corrected chi connectivity index (χ4v) is 3.80. The molecule has 1 atom stereocenters. The smallest absolute Gasteiger partial charge is 0.231 e. The van der Waals surface area contributed by atoms with Crippen LogP contribution < -0.4 is 16.0 Å². The molecular formula is C18H23ClN4O3. The normalized spacial score (nSPS) is 21.8. The van der Waals surface area contributed by atoms with Gasteiger partial charge in [-0.3, -0.25) is 19.3 Å². The summed E-state index contributed by atoms with van der Waals surface area (Å²) < 4.78 is 0. The Bertz CT molecular complexity index is 703. The molecule has 2 aliphatic rings. The van der Waals surface area contributed by atoms with E-state index in [1.54, 1.807) is 23.1 Å². The van der Waals surface area contributed by atoms with Crippen LogP contribution in [0.15, 0.2) is 24.3 Å². The van der Waals surface area contributed by atoms with Crippen molar-refractivity contribution in [3.63, 3.8) is 0 Å². The molecule has 2 aliphatic heterocycles. The number of amides is 3. The highest BCUT2D eigenvalue weighted by Crippen LogP contribution is 2.31. The van der Waals surface area contributed by atoms with Gasteiger partial charge in [-0.25, -0.2) is 0 Å². The molecule has 1 aromatic rings. The summed E-state index contributed by atoms with van der Waals surface area (Å²) in [6.45, 7) is 2.05. The van der Waals surface area contributed by atoms with Gasteiger partial charge >= 0.3 is 0 Å². The topological polar surface area (TPSA) is 95.7 Å². The third-order valence-electron chi connectivity index (χ3n) is 4.95. The lowest BCUT2D eigenvalue weighted by Gasteiger charge is -2.32. The summed E-state index contributed by atoms with van der Waals surface area (Å²) in [6, 6.07) is 7.21. The average Bonchev–Trinajstić information content (AvgIpc) is 2.98. The number of anilines is 1. The number of nitrogens with two attached hydrogens (primary N) is 1. The molecule has 0 radical (unpaired) electrons. The zero-order chi connectivity index (χ0) is 18.7. The second-order valence-corrected chi connectivity index (χ2v) is 7.29. The number of rotatable bonds is 5. The SMILES string of the molecule is NC(=O)CN1CCC(NC(=O)C2CC(=O)N(c3ccccc3Cl)C2)CC1. The Labute approximate surface area is 157 Å². The van der Waals surface area contributed by atoms with Crippen LogP contribution in [-0.2, 0) is 14.4 Å². The minimum Gasteiger partial charge on any atom is -0.369 e. The van der Waals surface area contributed by atoms with Gasteiger partial charge < -0.3 is 16.0 Å². The van der Waals surface area contributed by atoms with Gasteiger partial charge in [0.1, 0.15) is 0 Å². The first-order valence-electron chi connectivity index (χ1n) is 8.80. The van der Waals surface area contributed by atoms with Gasteiger partial charge in [0.25, 0.3) is 0 Å². The number of likely N-dealkylation sites (tertiary alicyclic amines) is 1. The lowest BCUT2D eigenvalue weighted by molar-refractivity contribution is -0.127. The molecular weight excluding hydrogens is 356 g/mol. The molecule has 140 valence electrons. The highest BCUT2D eigenvalue weighted by molar-refractivity contribution is 6.33. The minimum absolute atomic E-state index is 0.0658. The molecule has 1 unspecified atom stereocenters. The van der Waals surface area contributed by atoms with Crippen molar-refractivity contribution < 1.29 is 14.4 Å². The maximum atomic E-state index is 12.6.